The first-order valence-electron chi connectivity index (χ1n) is 9.02. The normalized spacial score (nSPS) is 31.1. The number of amides is 1. The third kappa shape index (κ3) is 3.81. The van der Waals surface area contributed by atoms with Crippen molar-refractivity contribution in [2.75, 3.05) is 7.11 Å². The van der Waals surface area contributed by atoms with E-state index in [-0.39, 0.29) is 24.2 Å². The van der Waals surface area contributed by atoms with Gasteiger partial charge in [0.1, 0.15) is 24.0 Å². The molecule has 1 aromatic heterocycles. The molecule has 4 atom stereocenters. The van der Waals surface area contributed by atoms with Crippen LogP contribution in [0.25, 0.3) is 0 Å². The smallest absolute Gasteiger partial charge is 0.247 e. The molecule has 0 unspecified atom stereocenters. The van der Waals surface area contributed by atoms with Crippen LogP contribution in [-0.2, 0) is 36.8 Å². The molecule has 0 radical (unpaired) electrons. The first kappa shape index (κ1) is 18.3. The number of carbonyl (C=O) groups excluding carboxylic acids is 1. The number of methoxy groups -OCH3 is 1. The average molecular weight is 376 g/mol. The number of nitrogens with one attached hydrogen (secondary N) is 1. The summed E-state index contributed by atoms with van der Waals surface area (Å²) in [5.41, 5.74) is 1.43. The summed E-state index contributed by atoms with van der Waals surface area (Å²) >= 11 is 0. The molecular formula is C18H24N4O5. The molecule has 1 amide bonds. The molecule has 0 bridgehead atoms. The number of allylic oxidation sites excluding steroid dienone is 3. The highest BCUT2D eigenvalue weighted by molar-refractivity contribution is 5.94. The molecule has 9 nitrogen and oxygen atoms in total. The Morgan fingerprint density at radius 1 is 1.41 bits per heavy atom. The van der Waals surface area contributed by atoms with Gasteiger partial charge in [0.05, 0.1) is 19.3 Å². The minimum Gasteiger partial charge on any atom is -0.353 e. The number of nitrogens with zero attached hydrogens (tertiary/aromatic N) is 3. The van der Waals surface area contributed by atoms with Gasteiger partial charge in [-0.1, -0.05) is 23.4 Å². The van der Waals surface area contributed by atoms with Crippen molar-refractivity contribution in [3.8, 4) is 0 Å². The van der Waals surface area contributed by atoms with Gasteiger partial charge in [0.2, 0.25) is 5.91 Å². The van der Waals surface area contributed by atoms with Gasteiger partial charge in [-0.25, -0.2) is 4.68 Å². The monoisotopic (exact) mass is 376 g/mol. The maximum atomic E-state index is 12.0. The van der Waals surface area contributed by atoms with E-state index in [9.17, 15) is 4.79 Å². The van der Waals surface area contributed by atoms with Gasteiger partial charge in [-0.3, -0.25) is 4.79 Å². The standard InChI is InChI=1S/C18H24N4O5/c1-18(2)26-14-13(25-17(24-3)15(14)27-18)10-22-9-12(20-21-22)8-19-16(23)11-6-4-5-7-11/h4-6,9,13-15,17H,7-8,10H2,1-3H3,(H,19,23)/t13-,14-,15-,17-/m1/s1. The van der Waals surface area contributed by atoms with Crippen molar-refractivity contribution in [3.05, 3.63) is 35.7 Å². The molecule has 1 aromatic rings. The van der Waals surface area contributed by atoms with Crippen LogP contribution >= 0.6 is 0 Å². The van der Waals surface area contributed by atoms with E-state index in [1.54, 1.807) is 18.0 Å². The van der Waals surface area contributed by atoms with Gasteiger partial charge >= 0.3 is 0 Å². The largest absolute Gasteiger partial charge is 0.353 e. The van der Waals surface area contributed by atoms with E-state index in [1.807, 2.05) is 32.1 Å². The van der Waals surface area contributed by atoms with Crippen molar-refractivity contribution < 1.29 is 23.7 Å². The molecule has 1 N–H and O–H groups in total. The predicted octanol–water partition coefficient (Wildman–Crippen LogP) is 0.672. The van der Waals surface area contributed by atoms with Gasteiger partial charge < -0.3 is 24.3 Å². The van der Waals surface area contributed by atoms with Gasteiger partial charge in [0, 0.05) is 12.7 Å². The van der Waals surface area contributed by atoms with Crippen molar-refractivity contribution in [2.24, 2.45) is 0 Å². The topological polar surface area (TPSA) is 96.7 Å². The van der Waals surface area contributed by atoms with Crippen LogP contribution in [0.3, 0.4) is 0 Å². The van der Waals surface area contributed by atoms with Crippen LogP contribution in [0.1, 0.15) is 26.0 Å². The summed E-state index contributed by atoms with van der Waals surface area (Å²) in [4.78, 5) is 12.0. The number of fused-ring (bicyclic) bond motifs is 1. The molecule has 3 heterocycles. The Labute approximate surface area is 157 Å². The van der Waals surface area contributed by atoms with E-state index >= 15 is 0 Å². The quantitative estimate of drug-likeness (QED) is 0.779. The van der Waals surface area contributed by atoms with Gasteiger partial charge in [-0.15, -0.1) is 5.10 Å². The lowest BCUT2D eigenvalue weighted by atomic mass is 10.1. The fourth-order valence-electron chi connectivity index (χ4n) is 3.57. The number of hydrogen-bond acceptors (Lipinski definition) is 7. The minimum absolute atomic E-state index is 0.0850. The van der Waals surface area contributed by atoms with Crippen molar-refractivity contribution in [1.29, 1.82) is 0 Å². The van der Waals surface area contributed by atoms with Crippen molar-refractivity contribution in [1.82, 2.24) is 20.3 Å². The molecule has 0 saturated carbocycles. The summed E-state index contributed by atoms with van der Waals surface area (Å²) in [6, 6.07) is 0. The maximum absolute atomic E-state index is 12.0. The lowest BCUT2D eigenvalue weighted by molar-refractivity contribution is -0.228. The second kappa shape index (κ2) is 7.16. The summed E-state index contributed by atoms with van der Waals surface area (Å²) in [6.45, 7) is 4.53. The van der Waals surface area contributed by atoms with E-state index < -0.39 is 12.1 Å². The van der Waals surface area contributed by atoms with Gasteiger partial charge in [-0.2, -0.15) is 0 Å². The summed E-state index contributed by atoms with van der Waals surface area (Å²) < 4.78 is 24.8. The molecular weight excluding hydrogens is 352 g/mol. The zero-order valence-electron chi connectivity index (χ0n) is 15.6. The SMILES string of the molecule is CO[C@@H]1O[C@H](Cn2cc(CNC(=O)C3=CC=CC3)nn2)[C@H]2OC(C)(C)O[C@@H]12. The Morgan fingerprint density at radius 3 is 2.96 bits per heavy atom. The van der Waals surface area contributed by atoms with Crippen molar-refractivity contribution in [3.63, 3.8) is 0 Å². The van der Waals surface area contributed by atoms with Gasteiger partial charge in [0.15, 0.2) is 12.1 Å². The van der Waals surface area contributed by atoms with Gasteiger partial charge in [0.25, 0.3) is 0 Å². The second-order valence-electron chi connectivity index (χ2n) is 7.28. The van der Waals surface area contributed by atoms with Crippen LogP contribution in [0, 0.1) is 0 Å². The number of aromatic nitrogens is 3. The minimum atomic E-state index is -0.671. The Morgan fingerprint density at radius 2 is 2.22 bits per heavy atom. The molecule has 0 spiro atoms. The highest BCUT2D eigenvalue weighted by Crippen LogP contribution is 2.39. The van der Waals surface area contributed by atoms with E-state index in [1.165, 1.54) is 0 Å². The number of ether oxygens (including phenoxy) is 4. The molecule has 9 heteroatoms. The number of hydrogen-bond donors (Lipinski definition) is 1. The predicted molar refractivity (Wildman–Crippen MR) is 93.2 cm³/mol. The van der Waals surface area contributed by atoms with Crippen LogP contribution in [0.5, 0.6) is 0 Å². The van der Waals surface area contributed by atoms with E-state index in [0.717, 1.165) is 5.57 Å². The van der Waals surface area contributed by atoms with Crippen LogP contribution in [0.15, 0.2) is 30.0 Å². The molecule has 146 valence electrons. The Bertz CT molecular complexity index is 772. The van der Waals surface area contributed by atoms with Crippen LogP contribution < -0.4 is 5.32 Å². The summed E-state index contributed by atoms with van der Waals surface area (Å²) in [5.74, 6) is -0.756. The summed E-state index contributed by atoms with van der Waals surface area (Å²) in [5, 5.41) is 11.1. The maximum Gasteiger partial charge on any atom is 0.247 e. The zero-order chi connectivity index (χ0) is 19.0. The molecule has 2 saturated heterocycles. The Kier molecular flexibility index (Phi) is 4.85. The number of rotatable bonds is 6. The second-order valence-corrected chi connectivity index (χ2v) is 7.28. The molecule has 4 rings (SSSR count). The van der Waals surface area contributed by atoms with E-state index in [0.29, 0.717) is 25.2 Å². The summed E-state index contributed by atoms with van der Waals surface area (Å²) in [7, 11) is 1.59. The third-order valence-corrected chi connectivity index (χ3v) is 4.79. The molecule has 3 aliphatic rings. The molecule has 2 aliphatic heterocycles. The first-order valence-corrected chi connectivity index (χ1v) is 9.02. The van der Waals surface area contributed by atoms with Crippen LogP contribution in [0.4, 0.5) is 0 Å². The lowest BCUT2D eigenvalue weighted by Crippen LogP contribution is -2.33. The number of carbonyl (C=O) groups is 1. The molecule has 2 fully saturated rings. The molecule has 27 heavy (non-hydrogen) atoms. The highest BCUT2D eigenvalue weighted by atomic mass is 16.8. The highest BCUT2D eigenvalue weighted by Gasteiger charge is 2.55. The average Bonchev–Trinajstić information content (AvgIpc) is 3.39. The molecule has 1 aliphatic carbocycles. The third-order valence-electron chi connectivity index (χ3n) is 4.79. The van der Waals surface area contributed by atoms with E-state index in [4.69, 9.17) is 18.9 Å². The lowest BCUT2D eigenvalue weighted by Gasteiger charge is -2.23. The Balaban J connectivity index is 1.34. The fourth-order valence-corrected chi connectivity index (χ4v) is 3.57. The first-order chi connectivity index (χ1) is 12.9. The van der Waals surface area contributed by atoms with Crippen molar-refractivity contribution in [2.45, 2.75) is 63.7 Å². The Hall–Kier alpha value is -2.07. The fraction of sp³-hybridized carbons (Fsp3) is 0.611. The van der Waals surface area contributed by atoms with Crippen LogP contribution in [-0.4, -0.2) is 58.4 Å². The zero-order valence-corrected chi connectivity index (χ0v) is 15.6. The van der Waals surface area contributed by atoms with E-state index in [2.05, 4.69) is 15.6 Å². The van der Waals surface area contributed by atoms with Crippen LogP contribution in [0.2, 0.25) is 0 Å². The molecule has 0 aromatic carbocycles. The van der Waals surface area contributed by atoms with Gasteiger partial charge in [-0.05, 0) is 20.3 Å². The van der Waals surface area contributed by atoms with Crippen molar-refractivity contribution >= 4 is 5.91 Å². The summed E-state index contributed by atoms with van der Waals surface area (Å²) in [6.07, 6.45) is 6.85.